The standard InChI is InChI=1S/C29H23ClF3N5OS/c30-25-12-11-23(40-25)21-17-24(29(31,32)33)38-26(34-21)18-22(35-38)28(39)37-15-13-36(14-16-37)27(19-7-3-1-4-8-19)20-9-5-2-6-10-20/h1-12,17-18,27H,13-16H2/p+1. The van der Waals surface area contributed by atoms with Gasteiger partial charge in [0.1, 0.15) is 6.04 Å². The minimum atomic E-state index is -4.69. The lowest BCUT2D eigenvalue weighted by Gasteiger charge is -2.36. The number of piperazine rings is 1. The maximum absolute atomic E-state index is 14.0. The van der Waals surface area contributed by atoms with Crippen LogP contribution >= 0.6 is 22.9 Å². The number of alkyl halides is 3. The van der Waals surface area contributed by atoms with Crippen LogP contribution in [0.1, 0.15) is 33.4 Å². The van der Waals surface area contributed by atoms with Crippen molar-refractivity contribution in [3.05, 3.63) is 112 Å². The third kappa shape index (κ3) is 5.22. The van der Waals surface area contributed by atoms with E-state index in [-0.39, 0.29) is 23.1 Å². The largest absolute Gasteiger partial charge is 0.433 e. The summed E-state index contributed by atoms with van der Waals surface area (Å²) in [5.41, 5.74) is 1.40. The molecule has 1 N–H and O–H groups in total. The highest BCUT2D eigenvalue weighted by Crippen LogP contribution is 2.35. The molecule has 4 heterocycles. The van der Waals surface area contributed by atoms with Gasteiger partial charge in [0.15, 0.2) is 17.0 Å². The Labute approximate surface area is 237 Å². The zero-order valence-corrected chi connectivity index (χ0v) is 22.7. The molecule has 6 nitrogen and oxygen atoms in total. The second-order valence-electron chi connectivity index (χ2n) is 9.63. The molecule has 1 aliphatic rings. The van der Waals surface area contributed by atoms with Crippen molar-refractivity contribution in [3.63, 3.8) is 0 Å². The van der Waals surface area contributed by atoms with E-state index in [0.717, 1.165) is 17.4 Å². The second kappa shape index (κ2) is 10.7. The Bertz CT molecular complexity index is 1610. The van der Waals surface area contributed by atoms with E-state index in [1.54, 1.807) is 17.0 Å². The number of nitrogens with zero attached hydrogens (tertiary/aromatic N) is 4. The second-order valence-corrected chi connectivity index (χ2v) is 11.3. The number of hydrogen-bond acceptors (Lipinski definition) is 4. The van der Waals surface area contributed by atoms with Crippen LogP contribution in [0.15, 0.2) is 84.9 Å². The number of hydrogen-bond donors (Lipinski definition) is 1. The van der Waals surface area contributed by atoms with Gasteiger partial charge in [-0.05, 0) is 18.2 Å². The predicted octanol–water partition coefficient (Wildman–Crippen LogP) is 5.26. The number of nitrogens with one attached hydrogen (secondary N) is 1. The molecule has 2 aromatic carbocycles. The van der Waals surface area contributed by atoms with Crippen molar-refractivity contribution in [2.45, 2.75) is 12.2 Å². The molecule has 0 atom stereocenters. The van der Waals surface area contributed by atoms with Crippen LogP contribution in [0.25, 0.3) is 16.2 Å². The van der Waals surface area contributed by atoms with Crippen LogP contribution in [0.2, 0.25) is 4.34 Å². The van der Waals surface area contributed by atoms with Gasteiger partial charge in [0, 0.05) is 17.2 Å². The zero-order valence-electron chi connectivity index (χ0n) is 21.1. The van der Waals surface area contributed by atoms with Gasteiger partial charge in [-0.2, -0.15) is 18.3 Å². The van der Waals surface area contributed by atoms with E-state index in [1.807, 2.05) is 36.4 Å². The highest BCUT2D eigenvalue weighted by Gasteiger charge is 2.37. The Hall–Kier alpha value is -3.73. The average Bonchev–Trinajstić information content (AvgIpc) is 3.59. The molecule has 3 aromatic heterocycles. The molecule has 204 valence electrons. The van der Waals surface area contributed by atoms with Crippen LogP contribution in [0.4, 0.5) is 13.2 Å². The Kier molecular flexibility index (Phi) is 7.07. The number of fused-ring (bicyclic) bond motifs is 1. The summed E-state index contributed by atoms with van der Waals surface area (Å²) in [5.74, 6) is -0.408. The number of halogens is 4. The van der Waals surface area contributed by atoms with E-state index < -0.39 is 17.8 Å². The first kappa shape index (κ1) is 26.5. The lowest BCUT2D eigenvalue weighted by Crippen LogP contribution is -3.15. The molecule has 0 bridgehead atoms. The van der Waals surface area contributed by atoms with Gasteiger partial charge in [0.25, 0.3) is 5.91 Å². The van der Waals surface area contributed by atoms with Gasteiger partial charge in [-0.15, -0.1) is 11.3 Å². The monoisotopic (exact) mass is 582 g/mol. The Balaban J connectivity index is 1.25. The third-order valence-electron chi connectivity index (χ3n) is 7.13. The number of aromatic nitrogens is 3. The molecular formula is C29H24ClF3N5OS+. The normalized spacial score (nSPS) is 14.8. The van der Waals surface area contributed by atoms with E-state index in [1.165, 1.54) is 22.1 Å². The van der Waals surface area contributed by atoms with Gasteiger partial charge in [0.2, 0.25) is 0 Å². The molecule has 1 amide bonds. The number of carbonyl (C=O) groups is 1. The van der Waals surface area contributed by atoms with Crippen LogP contribution in [0.5, 0.6) is 0 Å². The Morgan fingerprint density at radius 2 is 1.55 bits per heavy atom. The summed E-state index contributed by atoms with van der Waals surface area (Å²) in [6.07, 6.45) is -4.69. The molecule has 6 rings (SSSR count). The number of carbonyl (C=O) groups excluding carboxylic acids is 1. The van der Waals surface area contributed by atoms with Gasteiger partial charge >= 0.3 is 6.18 Å². The molecule has 0 saturated carbocycles. The number of rotatable bonds is 5. The number of amides is 1. The van der Waals surface area contributed by atoms with E-state index in [4.69, 9.17) is 11.6 Å². The lowest BCUT2D eigenvalue weighted by atomic mass is 9.96. The van der Waals surface area contributed by atoms with Gasteiger partial charge in [-0.25, -0.2) is 9.50 Å². The third-order valence-corrected chi connectivity index (χ3v) is 8.38. The van der Waals surface area contributed by atoms with Crippen LogP contribution < -0.4 is 4.90 Å². The minimum absolute atomic E-state index is 0.0461. The van der Waals surface area contributed by atoms with E-state index in [2.05, 4.69) is 34.3 Å². The molecule has 1 aliphatic heterocycles. The Morgan fingerprint density at radius 1 is 0.925 bits per heavy atom. The van der Waals surface area contributed by atoms with Crippen LogP contribution in [-0.2, 0) is 6.18 Å². The zero-order chi connectivity index (χ0) is 27.9. The van der Waals surface area contributed by atoms with Crippen molar-refractivity contribution in [1.82, 2.24) is 19.5 Å². The highest BCUT2D eigenvalue weighted by atomic mass is 35.5. The quantitative estimate of drug-likeness (QED) is 0.308. The van der Waals surface area contributed by atoms with Gasteiger partial charge in [0.05, 0.1) is 41.1 Å². The first-order valence-electron chi connectivity index (χ1n) is 12.8. The van der Waals surface area contributed by atoms with Crippen LogP contribution in [-0.4, -0.2) is 51.6 Å². The molecule has 1 fully saturated rings. The molecule has 0 unspecified atom stereocenters. The first-order chi connectivity index (χ1) is 19.3. The van der Waals surface area contributed by atoms with Gasteiger partial charge in [-0.3, -0.25) is 4.79 Å². The molecule has 1 saturated heterocycles. The topological polar surface area (TPSA) is 54.9 Å². The maximum Gasteiger partial charge on any atom is 0.433 e. The first-order valence-corrected chi connectivity index (χ1v) is 13.9. The highest BCUT2D eigenvalue weighted by molar-refractivity contribution is 7.19. The van der Waals surface area contributed by atoms with Crippen molar-refractivity contribution in [3.8, 4) is 10.6 Å². The van der Waals surface area contributed by atoms with Gasteiger partial charge in [-0.1, -0.05) is 72.3 Å². The van der Waals surface area contributed by atoms with Crippen molar-refractivity contribution in [2.24, 2.45) is 0 Å². The fraction of sp³-hybridized carbons (Fsp3) is 0.207. The fourth-order valence-electron chi connectivity index (χ4n) is 5.26. The summed E-state index contributed by atoms with van der Waals surface area (Å²) < 4.78 is 43.1. The molecular weight excluding hydrogens is 559 g/mol. The predicted molar refractivity (Wildman–Crippen MR) is 148 cm³/mol. The number of quaternary nitrogens is 1. The Morgan fingerprint density at radius 3 is 2.10 bits per heavy atom. The minimum Gasteiger partial charge on any atom is -0.326 e. The summed E-state index contributed by atoms with van der Waals surface area (Å²) in [6, 6.07) is 26.1. The molecule has 0 radical (unpaired) electrons. The van der Waals surface area contributed by atoms with Crippen molar-refractivity contribution in [2.75, 3.05) is 26.2 Å². The van der Waals surface area contributed by atoms with E-state index >= 15 is 0 Å². The fourth-order valence-corrected chi connectivity index (χ4v) is 6.27. The molecule has 40 heavy (non-hydrogen) atoms. The summed E-state index contributed by atoms with van der Waals surface area (Å²) in [6.45, 7) is 2.28. The molecule has 5 aromatic rings. The van der Waals surface area contributed by atoms with E-state index in [9.17, 15) is 18.0 Å². The summed E-state index contributed by atoms with van der Waals surface area (Å²) >= 11 is 7.12. The summed E-state index contributed by atoms with van der Waals surface area (Å²) in [5, 5.41) is 4.06. The molecule has 0 aliphatic carbocycles. The maximum atomic E-state index is 14.0. The van der Waals surface area contributed by atoms with Crippen molar-refractivity contribution < 1.29 is 22.9 Å². The van der Waals surface area contributed by atoms with Crippen LogP contribution in [0, 0.1) is 0 Å². The lowest BCUT2D eigenvalue weighted by molar-refractivity contribution is -0.929. The SMILES string of the molecule is O=C(c1cc2nc(-c3ccc(Cl)s3)cc(C(F)(F)F)n2n1)N1CC[NH+](C(c2ccccc2)c2ccccc2)CC1. The number of benzene rings is 2. The smallest absolute Gasteiger partial charge is 0.326 e. The molecule has 11 heteroatoms. The van der Waals surface area contributed by atoms with Crippen molar-refractivity contribution >= 4 is 34.5 Å². The van der Waals surface area contributed by atoms with Gasteiger partial charge < -0.3 is 9.80 Å². The number of thiophene rings is 1. The van der Waals surface area contributed by atoms with E-state index in [0.29, 0.717) is 39.9 Å². The van der Waals surface area contributed by atoms with Crippen LogP contribution in [0.3, 0.4) is 0 Å². The summed E-state index contributed by atoms with van der Waals surface area (Å²) in [7, 11) is 0. The average molecular weight is 583 g/mol. The van der Waals surface area contributed by atoms with Crippen molar-refractivity contribution in [1.29, 1.82) is 0 Å². The molecule has 0 spiro atoms. The summed E-state index contributed by atoms with van der Waals surface area (Å²) in [4.78, 5) is 21.3.